The van der Waals surface area contributed by atoms with E-state index in [9.17, 15) is 9.59 Å². The molecule has 5 rings (SSSR count). The number of amides is 1. The Morgan fingerprint density at radius 1 is 1.00 bits per heavy atom. The maximum absolute atomic E-state index is 13.6. The van der Waals surface area contributed by atoms with Gasteiger partial charge in [-0.2, -0.15) is 0 Å². The predicted molar refractivity (Wildman–Crippen MR) is 128 cm³/mol. The van der Waals surface area contributed by atoms with Gasteiger partial charge in [0.25, 0.3) is 5.56 Å². The summed E-state index contributed by atoms with van der Waals surface area (Å²) >= 11 is 6.02. The summed E-state index contributed by atoms with van der Waals surface area (Å²) in [6, 6.07) is 16.1. The number of pyridine rings is 1. The van der Waals surface area contributed by atoms with E-state index in [2.05, 4.69) is 4.98 Å². The summed E-state index contributed by atoms with van der Waals surface area (Å²) in [5.41, 5.74) is 1.86. The molecule has 0 atom stereocenters. The van der Waals surface area contributed by atoms with Crippen molar-refractivity contribution in [2.24, 2.45) is 0 Å². The largest absolute Gasteiger partial charge is 0.497 e. The van der Waals surface area contributed by atoms with Crippen LogP contribution in [0.15, 0.2) is 65.6 Å². The highest BCUT2D eigenvalue weighted by atomic mass is 35.5. The van der Waals surface area contributed by atoms with Crippen molar-refractivity contribution in [2.45, 2.75) is 19.3 Å². The molecule has 1 saturated heterocycles. The van der Waals surface area contributed by atoms with Gasteiger partial charge in [-0.1, -0.05) is 11.6 Å². The zero-order valence-electron chi connectivity index (χ0n) is 18.0. The summed E-state index contributed by atoms with van der Waals surface area (Å²) in [4.78, 5) is 36.8. The number of aromatic nitrogens is 3. The summed E-state index contributed by atoms with van der Waals surface area (Å²) in [7, 11) is 1.55. The van der Waals surface area contributed by atoms with Crippen LogP contribution in [0.4, 0.5) is 5.69 Å². The lowest BCUT2D eigenvalue weighted by atomic mass is 10.1. The lowest BCUT2D eigenvalue weighted by Gasteiger charge is -2.27. The molecule has 1 aliphatic heterocycles. The number of halogens is 1. The first-order valence-corrected chi connectivity index (χ1v) is 11.1. The predicted octanol–water partition coefficient (Wildman–Crippen LogP) is 4.63. The Morgan fingerprint density at radius 2 is 1.82 bits per heavy atom. The maximum Gasteiger partial charge on any atom is 0.267 e. The van der Waals surface area contributed by atoms with Crippen LogP contribution in [0.1, 0.15) is 19.3 Å². The molecule has 7 nitrogen and oxygen atoms in total. The first kappa shape index (κ1) is 21.2. The second kappa shape index (κ2) is 8.67. The van der Waals surface area contributed by atoms with Crippen LogP contribution in [0, 0.1) is 0 Å². The van der Waals surface area contributed by atoms with E-state index in [0.717, 1.165) is 24.1 Å². The number of benzene rings is 2. The number of carbonyl (C=O) groups is 1. The minimum absolute atomic E-state index is 0.133. The molecule has 0 bridgehead atoms. The second-order valence-electron chi connectivity index (χ2n) is 7.84. The van der Waals surface area contributed by atoms with Crippen LogP contribution in [-0.2, 0) is 4.79 Å². The molecular weight excluding hydrogens is 440 g/mol. The molecule has 3 heterocycles. The molecule has 2 aromatic heterocycles. The highest BCUT2D eigenvalue weighted by molar-refractivity contribution is 6.30. The van der Waals surface area contributed by atoms with Crippen LogP contribution < -0.4 is 15.2 Å². The summed E-state index contributed by atoms with van der Waals surface area (Å²) in [5, 5.41) is 0.893. The number of anilines is 1. The lowest BCUT2D eigenvalue weighted by Crippen LogP contribution is -2.35. The van der Waals surface area contributed by atoms with Gasteiger partial charge in [0.15, 0.2) is 0 Å². The third-order valence-electron chi connectivity index (χ3n) is 5.78. The molecule has 4 aromatic rings. The van der Waals surface area contributed by atoms with Crippen LogP contribution >= 0.6 is 11.6 Å². The SMILES string of the molecule is COc1ccc2nc(-c3ccc(N4CCCCC4=O)cc3)n(-c3ccc(Cl)cn3)c(=O)c2c1. The van der Waals surface area contributed by atoms with Gasteiger partial charge >= 0.3 is 0 Å². The average Bonchev–Trinajstić information content (AvgIpc) is 2.85. The smallest absolute Gasteiger partial charge is 0.267 e. The van der Waals surface area contributed by atoms with E-state index in [1.165, 1.54) is 10.8 Å². The summed E-state index contributed by atoms with van der Waals surface area (Å²) in [6.45, 7) is 0.716. The third kappa shape index (κ3) is 3.96. The maximum atomic E-state index is 13.6. The topological polar surface area (TPSA) is 77.3 Å². The molecule has 1 fully saturated rings. The first-order valence-electron chi connectivity index (χ1n) is 10.7. The summed E-state index contributed by atoms with van der Waals surface area (Å²) in [5.74, 6) is 1.56. The van der Waals surface area contributed by atoms with Crippen molar-refractivity contribution >= 4 is 34.1 Å². The molecule has 0 spiro atoms. The quantitative estimate of drug-likeness (QED) is 0.444. The van der Waals surface area contributed by atoms with Crippen molar-refractivity contribution in [3.05, 3.63) is 76.2 Å². The Kier molecular flexibility index (Phi) is 5.56. The van der Waals surface area contributed by atoms with Crippen molar-refractivity contribution in [2.75, 3.05) is 18.6 Å². The summed E-state index contributed by atoms with van der Waals surface area (Å²) < 4.78 is 6.76. The van der Waals surface area contributed by atoms with Gasteiger partial charge in [-0.05, 0) is 67.4 Å². The fraction of sp³-hybridized carbons (Fsp3) is 0.200. The highest BCUT2D eigenvalue weighted by Gasteiger charge is 2.20. The first-order chi connectivity index (χ1) is 16.0. The highest BCUT2D eigenvalue weighted by Crippen LogP contribution is 2.27. The van der Waals surface area contributed by atoms with Crippen LogP contribution in [0.25, 0.3) is 28.1 Å². The molecular formula is C25H21ClN4O3. The van der Waals surface area contributed by atoms with E-state index in [0.29, 0.717) is 46.3 Å². The zero-order valence-corrected chi connectivity index (χ0v) is 18.7. The number of carbonyl (C=O) groups excluding carboxylic acids is 1. The Balaban J connectivity index is 1.68. The normalized spacial score (nSPS) is 14.0. The Labute approximate surface area is 195 Å². The van der Waals surface area contributed by atoms with Gasteiger partial charge in [0.05, 0.1) is 23.0 Å². The van der Waals surface area contributed by atoms with Crippen molar-refractivity contribution in [3.63, 3.8) is 0 Å². The number of piperidine rings is 1. The van der Waals surface area contributed by atoms with Gasteiger partial charge in [-0.3, -0.25) is 9.59 Å². The second-order valence-corrected chi connectivity index (χ2v) is 8.28. The molecule has 0 radical (unpaired) electrons. The van der Waals surface area contributed by atoms with Gasteiger partial charge in [0.2, 0.25) is 5.91 Å². The molecule has 8 heteroatoms. The van der Waals surface area contributed by atoms with Gasteiger partial charge in [0.1, 0.15) is 17.4 Å². The molecule has 0 aliphatic carbocycles. The summed E-state index contributed by atoms with van der Waals surface area (Å²) in [6.07, 6.45) is 3.98. The fourth-order valence-electron chi connectivity index (χ4n) is 4.07. The van der Waals surface area contributed by atoms with Crippen molar-refractivity contribution in [3.8, 4) is 23.0 Å². The number of rotatable bonds is 4. The van der Waals surface area contributed by atoms with Gasteiger partial charge < -0.3 is 9.64 Å². The minimum Gasteiger partial charge on any atom is -0.497 e. The standard InChI is InChI=1S/C25H21ClN4O3/c1-33-19-10-11-21-20(14-19)25(32)30(22-12-7-17(26)15-27-22)24(28-21)16-5-8-18(9-6-16)29-13-3-2-4-23(29)31/h5-12,14-15H,2-4,13H2,1H3. The van der Waals surface area contributed by atoms with Crippen LogP contribution in [-0.4, -0.2) is 34.1 Å². The number of ether oxygens (including phenoxy) is 1. The minimum atomic E-state index is -0.265. The van der Waals surface area contributed by atoms with Gasteiger partial charge in [-0.25, -0.2) is 14.5 Å². The van der Waals surface area contributed by atoms with E-state index < -0.39 is 0 Å². The van der Waals surface area contributed by atoms with E-state index in [1.54, 1.807) is 42.3 Å². The Morgan fingerprint density at radius 3 is 2.52 bits per heavy atom. The molecule has 0 unspecified atom stereocenters. The molecule has 1 aliphatic rings. The Bertz CT molecular complexity index is 1400. The molecule has 0 N–H and O–H groups in total. The number of nitrogens with zero attached hydrogens (tertiary/aromatic N) is 4. The van der Waals surface area contributed by atoms with Crippen molar-refractivity contribution in [1.82, 2.24) is 14.5 Å². The molecule has 166 valence electrons. The van der Waals surface area contributed by atoms with Crippen molar-refractivity contribution < 1.29 is 9.53 Å². The van der Waals surface area contributed by atoms with Crippen LogP contribution in [0.3, 0.4) is 0 Å². The van der Waals surface area contributed by atoms with Gasteiger partial charge in [-0.15, -0.1) is 0 Å². The van der Waals surface area contributed by atoms with E-state index in [-0.39, 0.29) is 11.5 Å². The van der Waals surface area contributed by atoms with Crippen molar-refractivity contribution in [1.29, 1.82) is 0 Å². The van der Waals surface area contributed by atoms with E-state index in [1.807, 2.05) is 24.3 Å². The number of methoxy groups -OCH3 is 1. The zero-order chi connectivity index (χ0) is 22.9. The third-order valence-corrected chi connectivity index (χ3v) is 6.00. The monoisotopic (exact) mass is 460 g/mol. The number of hydrogen-bond acceptors (Lipinski definition) is 5. The number of fused-ring (bicyclic) bond motifs is 1. The van der Waals surface area contributed by atoms with Crippen LogP contribution in [0.5, 0.6) is 5.75 Å². The van der Waals surface area contributed by atoms with Gasteiger partial charge in [0, 0.05) is 30.4 Å². The molecule has 0 saturated carbocycles. The fourth-order valence-corrected chi connectivity index (χ4v) is 4.18. The molecule has 33 heavy (non-hydrogen) atoms. The van der Waals surface area contributed by atoms with E-state index in [4.69, 9.17) is 21.3 Å². The van der Waals surface area contributed by atoms with Crippen LogP contribution in [0.2, 0.25) is 5.02 Å². The molecule has 2 aromatic carbocycles. The van der Waals surface area contributed by atoms with E-state index >= 15 is 0 Å². The average molecular weight is 461 g/mol. The number of hydrogen-bond donors (Lipinski definition) is 0. The Hall–Kier alpha value is -3.71. The molecule has 1 amide bonds. The lowest BCUT2D eigenvalue weighted by molar-refractivity contribution is -0.119.